The molecule has 0 spiro atoms. The maximum Gasteiger partial charge on any atom is 0.159 e. The van der Waals surface area contributed by atoms with Crippen LogP contribution in [-0.2, 0) is 0 Å². The Bertz CT molecular complexity index is 2190. The SMILES string of the molecule is Cc1cc(C)nc(-c2ccc(-c3cc(-c4ccc(-c5ccccc5)cc4)c4ccc5cccc6ccc3c4c56)cc2)n1. The first-order valence-electron chi connectivity index (χ1n) is 14.4. The van der Waals surface area contributed by atoms with Crippen LogP contribution in [0, 0.1) is 13.8 Å². The topological polar surface area (TPSA) is 25.8 Å². The van der Waals surface area contributed by atoms with Gasteiger partial charge in [0.2, 0.25) is 0 Å². The third-order valence-electron chi connectivity index (χ3n) is 8.39. The van der Waals surface area contributed by atoms with Crippen LogP contribution in [-0.4, -0.2) is 9.97 Å². The molecule has 42 heavy (non-hydrogen) atoms. The summed E-state index contributed by atoms with van der Waals surface area (Å²) in [5, 5.41) is 7.76. The molecule has 8 aromatic rings. The summed E-state index contributed by atoms with van der Waals surface area (Å²) in [7, 11) is 0. The molecule has 0 aliphatic rings. The van der Waals surface area contributed by atoms with E-state index in [2.05, 4.69) is 137 Å². The summed E-state index contributed by atoms with van der Waals surface area (Å²) in [5.41, 5.74) is 10.3. The Morgan fingerprint density at radius 1 is 0.381 bits per heavy atom. The maximum absolute atomic E-state index is 4.68. The lowest BCUT2D eigenvalue weighted by atomic mass is 9.85. The standard InChI is InChI=1S/C40H28N2/c1-25-23-26(2)42-40(41-25)33-17-15-30(16-18-33)37-24-36(29-13-11-28(12-14-29)27-7-4-3-5-8-27)34-21-19-31-9-6-10-32-20-22-35(37)39(34)38(31)32/h3-24H,1-2H3. The van der Waals surface area contributed by atoms with E-state index in [9.17, 15) is 0 Å². The molecule has 1 heterocycles. The fraction of sp³-hybridized carbons (Fsp3) is 0.0500. The van der Waals surface area contributed by atoms with Crippen LogP contribution in [0.1, 0.15) is 11.4 Å². The van der Waals surface area contributed by atoms with Crippen LogP contribution in [0.4, 0.5) is 0 Å². The van der Waals surface area contributed by atoms with Gasteiger partial charge >= 0.3 is 0 Å². The van der Waals surface area contributed by atoms with Crippen molar-refractivity contribution in [2.24, 2.45) is 0 Å². The van der Waals surface area contributed by atoms with Crippen molar-refractivity contribution in [2.75, 3.05) is 0 Å². The van der Waals surface area contributed by atoms with Gasteiger partial charge in [-0.2, -0.15) is 0 Å². The van der Waals surface area contributed by atoms with Crippen LogP contribution < -0.4 is 0 Å². The number of benzene rings is 7. The molecule has 0 bridgehead atoms. The molecule has 0 aliphatic heterocycles. The van der Waals surface area contributed by atoms with Gasteiger partial charge in [0.05, 0.1) is 0 Å². The number of aromatic nitrogens is 2. The Balaban J connectivity index is 1.34. The van der Waals surface area contributed by atoms with Crippen molar-refractivity contribution in [1.82, 2.24) is 9.97 Å². The summed E-state index contributed by atoms with van der Waals surface area (Å²) >= 11 is 0. The highest BCUT2D eigenvalue weighted by molar-refractivity contribution is 6.28. The second-order valence-electron chi connectivity index (χ2n) is 11.1. The van der Waals surface area contributed by atoms with E-state index < -0.39 is 0 Å². The van der Waals surface area contributed by atoms with Crippen LogP contribution in [0.5, 0.6) is 0 Å². The molecule has 1 aromatic heterocycles. The summed E-state index contributed by atoms with van der Waals surface area (Å²) in [6, 6.07) is 48.4. The van der Waals surface area contributed by atoms with Crippen molar-refractivity contribution in [2.45, 2.75) is 13.8 Å². The predicted octanol–water partition coefficient (Wildman–Crippen LogP) is 10.7. The number of hydrogen-bond acceptors (Lipinski definition) is 2. The van der Waals surface area contributed by atoms with E-state index in [1.165, 1.54) is 65.7 Å². The van der Waals surface area contributed by atoms with Crippen LogP contribution in [0.15, 0.2) is 133 Å². The molecule has 2 nitrogen and oxygen atoms in total. The molecular formula is C40H28N2. The fourth-order valence-corrected chi connectivity index (χ4v) is 6.44. The second kappa shape index (κ2) is 9.64. The summed E-state index contributed by atoms with van der Waals surface area (Å²) in [6.45, 7) is 4.04. The van der Waals surface area contributed by atoms with E-state index in [4.69, 9.17) is 0 Å². The van der Waals surface area contributed by atoms with Crippen molar-refractivity contribution in [1.29, 1.82) is 0 Å². The normalized spacial score (nSPS) is 11.6. The Labute approximate surface area is 245 Å². The number of aryl methyl sites for hydroxylation is 2. The molecule has 0 radical (unpaired) electrons. The Morgan fingerprint density at radius 2 is 0.881 bits per heavy atom. The molecule has 0 atom stereocenters. The highest BCUT2D eigenvalue weighted by Gasteiger charge is 2.17. The fourth-order valence-electron chi connectivity index (χ4n) is 6.44. The van der Waals surface area contributed by atoms with E-state index >= 15 is 0 Å². The molecule has 8 rings (SSSR count). The predicted molar refractivity (Wildman–Crippen MR) is 177 cm³/mol. The summed E-state index contributed by atoms with van der Waals surface area (Å²) in [4.78, 5) is 9.37. The van der Waals surface area contributed by atoms with E-state index in [-0.39, 0.29) is 0 Å². The average molecular weight is 537 g/mol. The van der Waals surface area contributed by atoms with Gasteiger partial charge in [-0.25, -0.2) is 9.97 Å². The molecular weight excluding hydrogens is 508 g/mol. The van der Waals surface area contributed by atoms with Gasteiger partial charge in [-0.3, -0.25) is 0 Å². The number of nitrogens with zero attached hydrogens (tertiary/aromatic N) is 2. The zero-order chi connectivity index (χ0) is 28.2. The molecule has 0 saturated heterocycles. The molecule has 0 fully saturated rings. The van der Waals surface area contributed by atoms with Gasteiger partial charge in [0.1, 0.15) is 0 Å². The molecule has 0 amide bonds. The van der Waals surface area contributed by atoms with Crippen LogP contribution in [0.25, 0.3) is 77.1 Å². The van der Waals surface area contributed by atoms with Crippen molar-refractivity contribution in [3.8, 4) is 44.8 Å². The van der Waals surface area contributed by atoms with E-state index in [0.717, 1.165) is 22.8 Å². The Morgan fingerprint density at radius 3 is 1.45 bits per heavy atom. The first kappa shape index (κ1) is 24.5. The van der Waals surface area contributed by atoms with Gasteiger partial charge in [0.15, 0.2) is 5.82 Å². The largest absolute Gasteiger partial charge is 0.233 e. The first-order chi connectivity index (χ1) is 20.6. The monoisotopic (exact) mass is 536 g/mol. The molecule has 0 saturated carbocycles. The van der Waals surface area contributed by atoms with Gasteiger partial charge < -0.3 is 0 Å². The van der Waals surface area contributed by atoms with Crippen LogP contribution >= 0.6 is 0 Å². The maximum atomic E-state index is 4.68. The van der Waals surface area contributed by atoms with E-state index in [1.54, 1.807) is 0 Å². The minimum atomic E-state index is 0.772. The third-order valence-corrected chi connectivity index (χ3v) is 8.39. The van der Waals surface area contributed by atoms with E-state index in [1.807, 2.05) is 19.9 Å². The summed E-state index contributed by atoms with van der Waals surface area (Å²) in [5.74, 6) is 0.772. The third kappa shape index (κ3) is 4.03. The lowest BCUT2D eigenvalue weighted by molar-refractivity contribution is 1.06. The smallest absolute Gasteiger partial charge is 0.159 e. The average Bonchev–Trinajstić information content (AvgIpc) is 3.03. The van der Waals surface area contributed by atoms with Crippen molar-refractivity contribution >= 4 is 32.3 Å². The van der Waals surface area contributed by atoms with Gasteiger partial charge in [-0.1, -0.05) is 121 Å². The Hall–Kier alpha value is -5.34. The lowest BCUT2D eigenvalue weighted by Gasteiger charge is -2.18. The van der Waals surface area contributed by atoms with Gasteiger partial charge in [-0.15, -0.1) is 0 Å². The summed E-state index contributed by atoms with van der Waals surface area (Å²) in [6.07, 6.45) is 0. The van der Waals surface area contributed by atoms with Gasteiger partial charge in [0, 0.05) is 17.0 Å². The second-order valence-corrected chi connectivity index (χ2v) is 11.1. The first-order valence-corrected chi connectivity index (χ1v) is 14.4. The molecule has 0 aliphatic carbocycles. The quantitative estimate of drug-likeness (QED) is 0.209. The molecule has 198 valence electrons. The zero-order valence-electron chi connectivity index (χ0n) is 23.6. The van der Waals surface area contributed by atoms with Crippen molar-refractivity contribution in [3.63, 3.8) is 0 Å². The van der Waals surface area contributed by atoms with E-state index in [0.29, 0.717) is 0 Å². The number of hydrogen-bond donors (Lipinski definition) is 0. The van der Waals surface area contributed by atoms with Crippen molar-refractivity contribution in [3.05, 3.63) is 145 Å². The van der Waals surface area contributed by atoms with Crippen LogP contribution in [0.3, 0.4) is 0 Å². The highest BCUT2D eigenvalue weighted by atomic mass is 14.9. The molecule has 0 N–H and O–H groups in total. The molecule has 2 heteroatoms. The van der Waals surface area contributed by atoms with Gasteiger partial charge in [-0.05, 0) is 91.7 Å². The number of rotatable bonds is 4. The summed E-state index contributed by atoms with van der Waals surface area (Å²) < 4.78 is 0. The highest BCUT2D eigenvalue weighted by Crippen LogP contribution is 2.44. The lowest BCUT2D eigenvalue weighted by Crippen LogP contribution is -1.94. The molecule has 7 aromatic carbocycles. The van der Waals surface area contributed by atoms with Crippen molar-refractivity contribution < 1.29 is 0 Å². The van der Waals surface area contributed by atoms with Gasteiger partial charge in [0.25, 0.3) is 0 Å². The zero-order valence-corrected chi connectivity index (χ0v) is 23.6. The Kier molecular flexibility index (Phi) is 5.61. The minimum absolute atomic E-state index is 0.772. The van der Waals surface area contributed by atoms with Crippen LogP contribution in [0.2, 0.25) is 0 Å². The minimum Gasteiger partial charge on any atom is -0.233 e. The molecule has 0 unspecified atom stereocenters.